The molecule has 0 saturated carbocycles. The number of ether oxygens (including phenoxy) is 1. The van der Waals surface area contributed by atoms with Crippen molar-refractivity contribution in [3.8, 4) is 0 Å². The smallest absolute Gasteiger partial charge is 0.269 e. The summed E-state index contributed by atoms with van der Waals surface area (Å²) in [4.78, 5) is 23.8. The normalized spacial score (nSPS) is 16.3. The Morgan fingerprint density at radius 3 is 2.56 bits per heavy atom. The summed E-state index contributed by atoms with van der Waals surface area (Å²) in [7, 11) is 0. The number of rotatable bonds is 6. The molecular weight excluding hydrogens is 326 g/mol. The van der Waals surface area contributed by atoms with Gasteiger partial charge in [0.25, 0.3) is 11.6 Å². The van der Waals surface area contributed by atoms with Gasteiger partial charge in [-0.25, -0.2) is 0 Å². The van der Waals surface area contributed by atoms with Gasteiger partial charge in [0.15, 0.2) is 11.8 Å². The van der Waals surface area contributed by atoms with Crippen LogP contribution in [-0.2, 0) is 4.74 Å². The van der Waals surface area contributed by atoms with Gasteiger partial charge in [-0.15, -0.1) is 0 Å². The van der Waals surface area contributed by atoms with Gasteiger partial charge >= 0.3 is 0 Å². The van der Waals surface area contributed by atoms with E-state index in [1.807, 2.05) is 12.1 Å². The second kappa shape index (κ2) is 7.91. The largest absolute Gasteiger partial charge is 0.463 e. The summed E-state index contributed by atoms with van der Waals surface area (Å²) in [5, 5.41) is 13.6. The lowest BCUT2D eigenvalue weighted by atomic mass is 10.1. The maximum absolute atomic E-state index is 12.3. The van der Waals surface area contributed by atoms with Crippen molar-refractivity contribution in [3.63, 3.8) is 0 Å². The summed E-state index contributed by atoms with van der Waals surface area (Å²) in [5.74, 6) is 0.556. The highest BCUT2D eigenvalue weighted by molar-refractivity contribution is 5.94. The van der Waals surface area contributed by atoms with Gasteiger partial charge in [0.05, 0.1) is 30.9 Å². The van der Waals surface area contributed by atoms with Crippen molar-refractivity contribution in [1.82, 2.24) is 5.32 Å². The van der Waals surface area contributed by atoms with Gasteiger partial charge in [0.1, 0.15) is 13.1 Å². The Hall–Kier alpha value is -2.71. The van der Waals surface area contributed by atoms with Crippen molar-refractivity contribution < 1.29 is 23.8 Å². The van der Waals surface area contributed by atoms with Gasteiger partial charge in [-0.05, 0) is 24.3 Å². The topological polar surface area (TPSA) is 99.0 Å². The lowest BCUT2D eigenvalue weighted by Crippen LogP contribution is -3.15. The number of carbonyl (C=O) groups excluding carboxylic acids is 1. The molecule has 1 atom stereocenters. The second-order valence-electron chi connectivity index (χ2n) is 5.85. The molecule has 1 aliphatic heterocycles. The number of furan rings is 1. The monoisotopic (exact) mass is 346 g/mol. The van der Waals surface area contributed by atoms with Crippen LogP contribution < -0.4 is 10.2 Å². The highest BCUT2D eigenvalue weighted by atomic mass is 16.6. The number of amides is 1. The number of nitro groups is 1. The Morgan fingerprint density at radius 1 is 1.24 bits per heavy atom. The summed E-state index contributed by atoms with van der Waals surface area (Å²) in [6.45, 7) is 3.47. The highest BCUT2D eigenvalue weighted by Gasteiger charge is 2.29. The van der Waals surface area contributed by atoms with Crippen LogP contribution in [0.25, 0.3) is 0 Å². The second-order valence-corrected chi connectivity index (χ2v) is 5.85. The molecule has 0 aliphatic carbocycles. The van der Waals surface area contributed by atoms with Gasteiger partial charge in [0, 0.05) is 17.7 Å². The molecule has 1 fully saturated rings. The molecule has 25 heavy (non-hydrogen) atoms. The number of benzene rings is 1. The van der Waals surface area contributed by atoms with E-state index in [1.165, 1.54) is 29.2 Å². The molecule has 0 unspecified atom stereocenters. The predicted molar refractivity (Wildman–Crippen MR) is 88.4 cm³/mol. The summed E-state index contributed by atoms with van der Waals surface area (Å²) >= 11 is 0. The van der Waals surface area contributed by atoms with E-state index >= 15 is 0 Å². The van der Waals surface area contributed by atoms with Crippen LogP contribution >= 0.6 is 0 Å². The van der Waals surface area contributed by atoms with Crippen LogP contribution in [-0.4, -0.2) is 43.7 Å². The summed E-state index contributed by atoms with van der Waals surface area (Å²) < 4.78 is 10.9. The van der Waals surface area contributed by atoms with E-state index in [1.54, 1.807) is 6.26 Å². The zero-order valence-corrected chi connectivity index (χ0v) is 13.6. The number of hydrogen-bond donors (Lipinski definition) is 2. The van der Waals surface area contributed by atoms with Gasteiger partial charge < -0.3 is 19.4 Å². The highest BCUT2D eigenvalue weighted by Crippen LogP contribution is 2.13. The van der Waals surface area contributed by atoms with E-state index in [2.05, 4.69) is 5.32 Å². The van der Waals surface area contributed by atoms with Crippen molar-refractivity contribution in [2.75, 3.05) is 32.8 Å². The Labute approximate surface area is 144 Å². The summed E-state index contributed by atoms with van der Waals surface area (Å²) in [6.07, 6.45) is 1.63. The van der Waals surface area contributed by atoms with Crippen molar-refractivity contribution in [2.24, 2.45) is 0 Å². The maximum Gasteiger partial charge on any atom is 0.269 e. The van der Waals surface area contributed by atoms with E-state index in [0.29, 0.717) is 25.3 Å². The fourth-order valence-corrected chi connectivity index (χ4v) is 2.95. The zero-order chi connectivity index (χ0) is 17.6. The van der Waals surface area contributed by atoms with Gasteiger partial charge in [-0.3, -0.25) is 14.9 Å². The first-order chi connectivity index (χ1) is 12.1. The van der Waals surface area contributed by atoms with E-state index in [4.69, 9.17) is 9.15 Å². The van der Waals surface area contributed by atoms with Crippen LogP contribution in [0.4, 0.5) is 5.69 Å². The minimum Gasteiger partial charge on any atom is -0.463 e. The fourth-order valence-electron chi connectivity index (χ4n) is 2.95. The number of hydrogen-bond acceptors (Lipinski definition) is 5. The number of quaternary nitrogens is 1. The Bertz CT molecular complexity index is 708. The lowest BCUT2D eigenvalue weighted by Gasteiger charge is -2.30. The first kappa shape index (κ1) is 17.1. The standard InChI is InChI=1S/C17H19N3O5/c21-17(13-3-5-14(6-4-13)20(22)23)18-12-15(16-2-1-9-25-16)19-7-10-24-11-8-19/h1-6,9,15H,7-8,10-12H2,(H,18,21)/p+1/t15-/m0/s1. The average Bonchev–Trinajstić information content (AvgIpc) is 3.17. The fraction of sp³-hybridized carbons (Fsp3) is 0.353. The lowest BCUT2D eigenvalue weighted by molar-refractivity contribution is -0.938. The Morgan fingerprint density at radius 2 is 1.96 bits per heavy atom. The first-order valence-electron chi connectivity index (χ1n) is 8.13. The van der Waals surface area contributed by atoms with Crippen molar-refractivity contribution in [3.05, 3.63) is 64.1 Å². The van der Waals surface area contributed by atoms with Crippen LogP contribution in [0.1, 0.15) is 22.2 Å². The molecule has 8 nitrogen and oxygen atoms in total. The van der Waals surface area contributed by atoms with Crippen molar-refractivity contribution in [1.29, 1.82) is 0 Å². The quantitative estimate of drug-likeness (QED) is 0.589. The molecule has 0 radical (unpaired) electrons. The van der Waals surface area contributed by atoms with E-state index < -0.39 is 4.92 Å². The zero-order valence-electron chi connectivity index (χ0n) is 13.6. The summed E-state index contributed by atoms with van der Waals surface area (Å²) in [5.41, 5.74) is 0.351. The van der Waals surface area contributed by atoms with Gasteiger partial charge in [-0.1, -0.05) is 0 Å². The third-order valence-corrected chi connectivity index (χ3v) is 4.32. The molecule has 0 spiro atoms. The van der Waals surface area contributed by atoms with Crippen LogP contribution in [0.2, 0.25) is 0 Å². The molecule has 1 aromatic carbocycles. The van der Waals surface area contributed by atoms with E-state index in [0.717, 1.165) is 18.8 Å². The first-order valence-corrected chi connectivity index (χ1v) is 8.13. The number of nitro benzene ring substituents is 1. The third kappa shape index (κ3) is 4.23. The molecule has 1 saturated heterocycles. The molecule has 2 heterocycles. The minimum atomic E-state index is -0.490. The van der Waals surface area contributed by atoms with Crippen LogP contribution in [0, 0.1) is 10.1 Å². The van der Waals surface area contributed by atoms with E-state index in [9.17, 15) is 14.9 Å². The predicted octanol–water partition coefficient (Wildman–Crippen LogP) is 0.574. The Balaban J connectivity index is 1.65. The maximum atomic E-state index is 12.3. The van der Waals surface area contributed by atoms with Crippen LogP contribution in [0.5, 0.6) is 0 Å². The average molecular weight is 346 g/mol. The van der Waals surface area contributed by atoms with Gasteiger partial charge in [0.2, 0.25) is 0 Å². The molecule has 3 rings (SSSR count). The van der Waals surface area contributed by atoms with Crippen LogP contribution in [0.15, 0.2) is 47.1 Å². The number of non-ortho nitro benzene ring substituents is 1. The number of nitrogens with zero attached hydrogens (tertiary/aromatic N) is 1. The molecule has 2 aromatic rings. The SMILES string of the molecule is O=C(NC[C@@H](c1ccco1)[NH+]1CCOCC1)c1ccc([N+](=O)[O-])cc1. The molecule has 132 valence electrons. The molecular formula is C17H20N3O5+. The molecule has 2 N–H and O–H groups in total. The Kier molecular flexibility index (Phi) is 5.42. The van der Waals surface area contributed by atoms with Crippen molar-refractivity contribution in [2.45, 2.75) is 6.04 Å². The minimum absolute atomic E-state index is 0.000832. The molecule has 1 aliphatic rings. The van der Waals surface area contributed by atoms with Crippen LogP contribution in [0.3, 0.4) is 0 Å². The molecule has 8 heteroatoms. The molecule has 0 bridgehead atoms. The third-order valence-electron chi connectivity index (χ3n) is 4.32. The number of nitrogens with one attached hydrogen (secondary N) is 2. The molecule has 1 aromatic heterocycles. The van der Waals surface area contributed by atoms with Crippen molar-refractivity contribution >= 4 is 11.6 Å². The number of carbonyl (C=O) groups is 1. The van der Waals surface area contributed by atoms with E-state index in [-0.39, 0.29) is 17.6 Å². The molecule has 1 amide bonds. The summed E-state index contributed by atoms with van der Waals surface area (Å²) in [6, 6.07) is 9.30. The number of morpholine rings is 1. The van der Waals surface area contributed by atoms with Gasteiger partial charge in [-0.2, -0.15) is 0 Å².